The Morgan fingerprint density at radius 3 is 2.57 bits per heavy atom. The maximum atomic E-state index is 14.1. The summed E-state index contributed by atoms with van der Waals surface area (Å²) in [7, 11) is 0. The van der Waals surface area contributed by atoms with E-state index in [0.29, 0.717) is 5.52 Å². The quantitative estimate of drug-likeness (QED) is 0.435. The molecule has 182 valence electrons. The lowest BCUT2D eigenvalue weighted by atomic mass is 10.1. The highest BCUT2D eigenvalue weighted by molar-refractivity contribution is 6.30. The number of carboxylic acids is 1. The lowest BCUT2D eigenvalue weighted by Gasteiger charge is -2.22. The van der Waals surface area contributed by atoms with E-state index in [9.17, 15) is 28.7 Å². The van der Waals surface area contributed by atoms with Gasteiger partial charge >= 0.3 is 5.97 Å². The van der Waals surface area contributed by atoms with Crippen molar-refractivity contribution in [2.75, 3.05) is 6.54 Å². The van der Waals surface area contributed by atoms with Crippen LogP contribution in [0.25, 0.3) is 10.9 Å². The summed E-state index contributed by atoms with van der Waals surface area (Å²) in [6, 6.07) is 8.85. The number of carboxylic acid groups (broad SMARTS) is 1. The molecule has 1 aliphatic rings. The molecule has 1 heterocycles. The number of aromatic nitrogens is 2. The molecule has 11 heteroatoms. The second-order valence-electron chi connectivity index (χ2n) is 8.31. The molecule has 2 amide bonds. The number of carbonyl (C=O) groups excluding carboxylic acids is 3. The maximum absolute atomic E-state index is 14.1. The molecule has 0 radical (unpaired) electrons. The second-order valence-corrected chi connectivity index (χ2v) is 8.72. The van der Waals surface area contributed by atoms with Crippen molar-refractivity contribution in [1.82, 2.24) is 20.0 Å². The lowest BCUT2D eigenvalue weighted by Crippen LogP contribution is -2.43. The molecule has 3 aromatic rings. The Labute approximate surface area is 204 Å². The van der Waals surface area contributed by atoms with Crippen molar-refractivity contribution in [2.24, 2.45) is 0 Å². The first-order valence-electron chi connectivity index (χ1n) is 10.9. The van der Waals surface area contributed by atoms with Gasteiger partial charge in [-0.1, -0.05) is 29.8 Å². The van der Waals surface area contributed by atoms with E-state index >= 15 is 0 Å². The molecule has 4 rings (SSSR count). The summed E-state index contributed by atoms with van der Waals surface area (Å²) in [4.78, 5) is 50.9. The molecule has 1 aliphatic carbocycles. The highest BCUT2D eigenvalue weighted by atomic mass is 35.5. The number of ketones is 1. The molecule has 1 saturated carbocycles. The van der Waals surface area contributed by atoms with Gasteiger partial charge in [0.1, 0.15) is 18.1 Å². The molecule has 0 aliphatic heterocycles. The predicted molar refractivity (Wildman–Crippen MR) is 125 cm³/mol. The van der Waals surface area contributed by atoms with Crippen LogP contribution in [0.2, 0.25) is 5.02 Å². The van der Waals surface area contributed by atoms with Crippen molar-refractivity contribution in [3.8, 4) is 0 Å². The van der Waals surface area contributed by atoms with Crippen molar-refractivity contribution >= 4 is 46.1 Å². The average molecular weight is 501 g/mol. The van der Waals surface area contributed by atoms with Gasteiger partial charge in [-0.25, -0.2) is 9.18 Å². The third-order valence-electron chi connectivity index (χ3n) is 5.76. The van der Waals surface area contributed by atoms with Gasteiger partial charge in [0.25, 0.3) is 0 Å². The average Bonchev–Trinajstić information content (AvgIpc) is 3.59. The van der Waals surface area contributed by atoms with Crippen LogP contribution in [-0.4, -0.2) is 55.9 Å². The van der Waals surface area contributed by atoms with Gasteiger partial charge in [-0.3, -0.25) is 19.1 Å². The van der Waals surface area contributed by atoms with Crippen molar-refractivity contribution in [1.29, 1.82) is 0 Å². The SMILES string of the molecule is CC(=O)c1nn(CC(=O)N(CC(=O)NCc2cccc(Cl)c2F)C2CC2)c2cccc(C(=O)O)c12. The molecule has 0 atom stereocenters. The molecule has 2 N–H and O–H groups in total. The minimum atomic E-state index is -1.21. The normalized spacial score (nSPS) is 13.0. The molecular weight excluding hydrogens is 479 g/mol. The first-order chi connectivity index (χ1) is 16.7. The van der Waals surface area contributed by atoms with Crippen LogP contribution in [0.15, 0.2) is 36.4 Å². The smallest absolute Gasteiger partial charge is 0.336 e. The van der Waals surface area contributed by atoms with Gasteiger partial charge in [0.05, 0.1) is 22.6 Å². The van der Waals surface area contributed by atoms with Crippen LogP contribution in [0.1, 0.15) is 46.2 Å². The van der Waals surface area contributed by atoms with Crippen LogP contribution < -0.4 is 5.32 Å². The number of nitrogens with one attached hydrogen (secondary N) is 1. The van der Waals surface area contributed by atoms with E-state index in [0.717, 1.165) is 12.8 Å². The number of halogens is 2. The van der Waals surface area contributed by atoms with Gasteiger partial charge in [0.15, 0.2) is 5.78 Å². The van der Waals surface area contributed by atoms with E-state index in [-0.39, 0.29) is 52.9 Å². The van der Waals surface area contributed by atoms with Crippen molar-refractivity contribution in [3.63, 3.8) is 0 Å². The summed E-state index contributed by atoms with van der Waals surface area (Å²) in [5.74, 6) is -3.13. The standard InChI is InChI=1S/C24H22ClFN4O5/c1-13(31)23-21-16(24(34)35)5-3-7-18(21)30(28-23)12-20(33)29(15-8-9-15)11-19(32)27-10-14-4-2-6-17(25)22(14)26/h2-7,15H,8-12H2,1H3,(H,27,32)(H,34,35). The van der Waals surface area contributed by atoms with E-state index in [1.54, 1.807) is 12.1 Å². The topological polar surface area (TPSA) is 122 Å². The van der Waals surface area contributed by atoms with Crippen LogP contribution in [0.4, 0.5) is 4.39 Å². The summed E-state index contributed by atoms with van der Waals surface area (Å²) in [5, 5.41) is 16.4. The molecule has 35 heavy (non-hydrogen) atoms. The Bertz CT molecular complexity index is 1350. The van der Waals surface area contributed by atoms with Crippen LogP contribution in [-0.2, 0) is 22.7 Å². The summed E-state index contributed by atoms with van der Waals surface area (Å²) in [6.07, 6.45) is 1.48. The van der Waals surface area contributed by atoms with Gasteiger partial charge in [-0.05, 0) is 31.0 Å². The molecule has 0 bridgehead atoms. The summed E-state index contributed by atoms with van der Waals surface area (Å²) in [6.45, 7) is 0.683. The predicted octanol–water partition coefficient (Wildman–Crippen LogP) is 3.04. The fraction of sp³-hybridized carbons (Fsp3) is 0.292. The van der Waals surface area contributed by atoms with Gasteiger partial charge in [0, 0.05) is 30.5 Å². The molecule has 2 aromatic carbocycles. The fourth-order valence-electron chi connectivity index (χ4n) is 3.89. The number of Topliss-reactive ketones (excluding diaryl/α,β-unsaturated/α-hetero) is 1. The number of carbonyl (C=O) groups is 4. The Morgan fingerprint density at radius 1 is 1.20 bits per heavy atom. The number of fused-ring (bicyclic) bond motifs is 1. The summed E-state index contributed by atoms with van der Waals surface area (Å²) in [5.41, 5.74) is 0.437. The van der Waals surface area contributed by atoms with Gasteiger partial charge in [-0.15, -0.1) is 0 Å². The minimum Gasteiger partial charge on any atom is -0.478 e. The van der Waals surface area contributed by atoms with Crippen LogP contribution >= 0.6 is 11.6 Å². The van der Waals surface area contributed by atoms with Crippen molar-refractivity contribution in [2.45, 2.75) is 38.9 Å². The molecule has 0 saturated heterocycles. The zero-order chi connectivity index (χ0) is 25.3. The van der Waals surface area contributed by atoms with E-state index < -0.39 is 29.4 Å². The van der Waals surface area contributed by atoms with E-state index in [4.69, 9.17) is 11.6 Å². The number of aromatic carboxylic acids is 1. The van der Waals surface area contributed by atoms with Gasteiger partial charge in [0.2, 0.25) is 11.8 Å². The maximum Gasteiger partial charge on any atom is 0.336 e. The number of hydrogen-bond acceptors (Lipinski definition) is 5. The molecule has 1 aromatic heterocycles. The van der Waals surface area contributed by atoms with Crippen molar-refractivity contribution in [3.05, 3.63) is 64.1 Å². The zero-order valence-electron chi connectivity index (χ0n) is 18.8. The van der Waals surface area contributed by atoms with Crippen LogP contribution in [0.5, 0.6) is 0 Å². The first-order valence-corrected chi connectivity index (χ1v) is 11.3. The molecule has 9 nitrogen and oxygen atoms in total. The number of rotatable bonds is 9. The number of amides is 2. The zero-order valence-corrected chi connectivity index (χ0v) is 19.5. The van der Waals surface area contributed by atoms with Crippen LogP contribution in [0.3, 0.4) is 0 Å². The van der Waals surface area contributed by atoms with Crippen molar-refractivity contribution < 1.29 is 28.7 Å². The van der Waals surface area contributed by atoms with Crippen LogP contribution in [0, 0.1) is 5.82 Å². The highest BCUT2D eigenvalue weighted by Gasteiger charge is 2.34. The molecular formula is C24H22ClFN4O5. The molecule has 0 spiro atoms. The monoisotopic (exact) mass is 500 g/mol. The summed E-state index contributed by atoms with van der Waals surface area (Å²) >= 11 is 5.77. The molecule has 1 fully saturated rings. The Balaban J connectivity index is 1.51. The third-order valence-corrected chi connectivity index (χ3v) is 6.05. The third kappa shape index (κ3) is 5.17. The van der Waals surface area contributed by atoms with Gasteiger partial charge in [-0.2, -0.15) is 5.10 Å². The minimum absolute atomic E-state index is 0.0370. The second kappa shape index (κ2) is 9.83. The largest absolute Gasteiger partial charge is 0.478 e. The first kappa shape index (κ1) is 24.3. The molecule has 0 unspecified atom stereocenters. The lowest BCUT2D eigenvalue weighted by molar-refractivity contribution is -0.137. The fourth-order valence-corrected chi connectivity index (χ4v) is 4.08. The summed E-state index contributed by atoms with van der Waals surface area (Å²) < 4.78 is 15.4. The van der Waals surface area contributed by atoms with E-state index in [2.05, 4.69) is 10.4 Å². The van der Waals surface area contributed by atoms with E-state index in [1.165, 1.54) is 40.8 Å². The number of benzene rings is 2. The Hall–Kier alpha value is -3.79. The Kier molecular flexibility index (Phi) is 6.83. The number of nitrogens with zero attached hydrogens (tertiary/aromatic N) is 3. The van der Waals surface area contributed by atoms with E-state index in [1.807, 2.05) is 0 Å². The Morgan fingerprint density at radius 2 is 1.91 bits per heavy atom. The van der Waals surface area contributed by atoms with Gasteiger partial charge < -0.3 is 15.3 Å². The number of hydrogen-bond donors (Lipinski definition) is 2. The highest BCUT2D eigenvalue weighted by Crippen LogP contribution is 2.28.